The molecule has 0 bridgehead atoms. The summed E-state index contributed by atoms with van der Waals surface area (Å²) in [5.41, 5.74) is 8.24. The van der Waals surface area contributed by atoms with Crippen LogP contribution in [0.2, 0.25) is 0 Å². The first-order chi connectivity index (χ1) is 8.06. The molecule has 0 aliphatic rings. The summed E-state index contributed by atoms with van der Waals surface area (Å²) in [6.45, 7) is 9.01. The quantitative estimate of drug-likeness (QED) is 0.664. The van der Waals surface area contributed by atoms with Crippen molar-refractivity contribution in [1.29, 1.82) is 0 Å². The molecule has 0 aromatic carbocycles. The second kappa shape index (κ2) is 6.44. The maximum absolute atomic E-state index is 11.4. The van der Waals surface area contributed by atoms with Crippen molar-refractivity contribution in [2.45, 2.75) is 52.2 Å². The third kappa shape index (κ3) is 8.63. The van der Waals surface area contributed by atoms with Gasteiger partial charge in [0.05, 0.1) is 0 Å². The van der Waals surface area contributed by atoms with Gasteiger partial charge in [-0.05, 0) is 47.6 Å². The fourth-order valence-electron chi connectivity index (χ4n) is 1.08. The summed E-state index contributed by atoms with van der Waals surface area (Å²) in [7, 11) is 0. The Bertz CT molecular complexity index is 297. The molecule has 0 fully saturated rings. The molecule has 0 aromatic heterocycles. The fraction of sp³-hybridized carbons (Fsp3) is 0.818. The molecule has 0 aliphatic carbocycles. The highest BCUT2D eigenvalue weighted by atomic mass is 16.6. The van der Waals surface area contributed by atoms with Gasteiger partial charge in [0.25, 0.3) is 0 Å². The summed E-state index contributed by atoms with van der Waals surface area (Å²) >= 11 is 0. The molecule has 0 spiro atoms. The molecule has 7 nitrogen and oxygen atoms in total. The number of carbonyl (C=O) groups excluding carboxylic acids is 2. The van der Waals surface area contributed by atoms with Crippen molar-refractivity contribution in [3.63, 3.8) is 0 Å². The monoisotopic (exact) mass is 261 g/mol. The summed E-state index contributed by atoms with van der Waals surface area (Å²) in [5.74, 6) is 0. The van der Waals surface area contributed by atoms with Crippen molar-refractivity contribution in [2.75, 3.05) is 6.54 Å². The standard InChI is InChI=1S/C11H23N3O4/c1-10(2,3)17-8(15)13-14-9(16)18-11(4,5)6-7-12/h6-7,12H2,1-5H3,(H,13,15)(H,14,16). The minimum Gasteiger partial charge on any atom is -0.443 e. The molecule has 7 heteroatoms. The number of hydrogen-bond acceptors (Lipinski definition) is 5. The van der Waals surface area contributed by atoms with Gasteiger partial charge in [0, 0.05) is 0 Å². The van der Waals surface area contributed by atoms with E-state index in [1.54, 1.807) is 34.6 Å². The van der Waals surface area contributed by atoms with Crippen LogP contribution in [0.25, 0.3) is 0 Å². The van der Waals surface area contributed by atoms with Gasteiger partial charge < -0.3 is 15.2 Å². The molecule has 18 heavy (non-hydrogen) atoms. The van der Waals surface area contributed by atoms with E-state index in [2.05, 4.69) is 10.9 Å². The van der Waals surface area contributed by atoms with Crippen LogP contribution in [0.15, 0.2) is 0 Å². The molecule has 0 radical (unpaired) electrons. The molecular formula is C11H23N3O4. The molecule has 0 unspecified atom stereocenters. The molecule has 2 amide bonds. The lowest BCUT2D eigenvalue weighted by Gasteiger charge is -2.25. The Morgan fingerprint density at radius 1 is 1.00 bits per heavy atom. The van der Waals surface area contributed by atoms with Crippen LogP contribution in [0.3, 0.4) is 0 Å². The SMILES string of the molecule is CC(C)(C)OC(=O)NNC(=O)OC(C)(C)CCN. The van der Waals surface area contributed by atoms with Crippen molar-refractivity contribution in [3.05, 3.63) is 0 Å². The van der Waals surface area contributed by atoms with E-state index >= 15 is 0 Å². The number of hydrazine groups is 1. The topological polar surface area (TPSA) is 103 Å². The smallest absolute Gasteiger partial charge is 0.426 e. The van der Waals surface area contributed by atoms with Gasteiger partial charge in [-0.15, -0.1) is 0 Å². The van der Waals surface area contributed by atoms with Gasteiger partial charge in [-0.25, -0.2) is 20.4 Å². The van der Waals surface area contributed by atoms with E-state index in [1.165, 1.54) is 0 Å². The third-order valence-electron chi connectivity index (χ3n) is 1.78. The fourth-order valence-corrected chi connectivity index (χ4v) is 1.08. The molecule has 0 rings (SSSR count). The van der Waals surface area contributed by atoms with Crippen molar-refractivity contribution in [2.24, 2.45) is 5.73 Å². The number of carbonyl (C=O) groups is 2. The van der Waals surface area contributed by atoms with Crippen molar-refractivity contribution >= 4 is 12.2 Å². The van der Waals surface area contributed by atoms with Gasteiger partial charge in [0.2, 0.25) is 0 Å². The number of rotatable bonds is 3. The predicted octanol–water partition coefficient (Wildman–Crippen LogP) is 1.28. The zero-order valence-electron chi connectivity index (χ0n) is 11.6. The molecule has 0 atom stereocenters. The largest absolute Gasteiger partial charge is 0.443 e. The minimum absolute atomic E-state index is 0.403. The molecule has 0 aromatic rings. The van der Waals surface area contributed by atoms with E-state index < -0.39 is 23.4 Å². The molecule has 0 saturated heterocycles. The van der Waals surface area contributed by atoms with Crippen LogP contribution < -0.4 is 16.6 Å². The first-order valence-corrected chi connectivity index (χ1v) is 5.74. The molecule has 0 aliphatic heterocycles. The normalized spacial score (nSPS) is 11.7. The lowest BCUT2D eigenvalue weighted by Crippen LogP contribution is -2.46. The number of nitrogens with two attached hydrogens (primary N) is 1. The molecule has 0 saturated carbocycles. The first kappa shape index (κ1) is 16.5. The van der Waals surface area contributed by atoms with Crippen LogP contribution in [0.5, 0.6) is 0 Å². The van der Waals surface area contributed by atoms with E-state index in [0.717, 1.165) is 0 Å². The van der Waals surface area contributed by atoms with Gasteiger partial charge in [0.15, 0.2) is 0 Å². The Hall–Kier alpha value is -1.50. The number of nitrogens with one attached hydrogen (secondary N) is 2. The van der Waals surface area contributed by atoms with Gasteiger partial charge in [-0.1, -0.05) is 0 Å². The highest BCUT2D eigenvalue weighted by Gasteiger charge is 2.22. The zero-order valence-corrected chi connectivity index (χ0v) is 11.6. The third-order valence-corrected chi connectivity index (χ3v) is 1.78. The summed E-state index contributed by atoms with van der Waals surface area (Å²) in [5, 5.41) is 0. The molecular weight excluding hydrogens is 238 g/mol. The maximum Gasteiger partial charge on any atom is 0.426 e. The lowest BCUT2D eigenvalue weighted by atomic mass is 10.1. The summed E-state index contributed by atoms with van der Waals surface area (Å²) in [4.78, 5) is 22.6. The number of ether oxygens (including phenoxy) is 2. The van der Waals surface area contributed by atoms with E-state index in [0.29, 0.717) is 13.0 Å². The number of hydrogen-bond donors (Lipinski definition) is 3. The van der Waals surface area contributed by atoms with Gasteiger partial charge in [-0.2, -0.15) is 0 Å². The molecule has 106 valence electrons. The minimum atomic E-state index is -0.765. The Balaban J connectivity index is 4.01. The summed E-state index contributed by atoms with van der Waals surface area (Å²) in [6.07, 6.45) is -0.997. The van der Waals surface area contributed by atoms with E-state index in [4.69, 9.17) is 15.2 Å². The Kier molecular flexibility index (Phi) is 5.90. The predicted molar refractivity (Wildman–Crippen MR) is 66.7 cm³/mol. The summed E-state index contributed by atoms with van der Waals surface area (Å²) < 4.78 is 9.98. The van der Waals surface area contributed by atoms with E-state index in [9.17, 15) is 9.59 Å². The maximum atomic E-state index is 11.4. The average Bonchev–Trinajstić information content (AvgIpc) is 2.10. The van der Waals surface area contributed by atoms with Crippen molar-refractivity contribution in [1.82, 2.24) is 10.9 Å². The second-order valence-electron chi connectivity index (χ2n) is 5.44. The van der Waals surface area contributed by atoms with Crippen LogP contribution in [0.4, 0.5) is 9.59 Å². The van der Waals surface area contributed by atoms with Gasteiger partial charge >= 0.3 is 12.2 Å². The summed E-state index contributed by atoms with van der Waals surface area (Å²) in [6, 6.07) is 0. The van der Waals surface area contributed by atoms with Crippen LogP contribution in [0.1, 0.15) is 41.0 Å². The van der Waals surface area contributed by atoms with Gasteiger partial charge in [0.1, 0.15) is 11.2 Å². The van der Waals surface area contributed by atoms with Crippen LogP contribution in [0, 0.1) is 0 Å². The van der Waals surface area contributed by atoms with E-state index in [-0.39, 0.29) is 0 Å². The Morgan fingerprint density at radius 2 is 1.44 bits per heavy atom. The lowest BCUT2D eigenvalue weighted by molar-refractivity contribution is 0.0255. The van der Waals surface area contributed by atoms with E-state index in [1.807, 2.05) is 0 Å². The highest BCUT2D eigenvalue weighted by molar-refractivity contribution is 5.74. The number of amides is 2. The first-order valence-electron chi connectivity index (χ1n) is 5.74. The highest BCUT2D eigenvalue weighted by Crippen LogP contribution is 2.13. The van der Waals surface area contributed by atoms with Crippen LogP contribution in [-0.4, -0.2) is 29.9 Å². The van der Waals surface area contributed by atoms with Crippen LogP contribution in [-0.2, 0) is 9.47 Å². The zero-order chi connectivity index (χ0) is 14.4. The molecule has 0 heterocycles. The van der Waals surface area contributed by atoms with Crippen molar-refractivity contribution < 1.29 is 19.1 Å². The van der Waals surface area contributed by atoms with Gasteiger partial charge in [-0.3, -0.25) is 0 Å². The second-order valence-corrected chi connectivity index (χ2v) is 5.44. The molecule has 4 N–H and O–H groups in total. The Morgan fingerprint density at radius 3 is 1.83 bits per heavy atom. The average molecular weight is 261 g/mol. The Labute approximate surface area is 107 Å². The van der Waals surface area contributed by atoms with Crippen LogP contribution >= 0.6 is 0 Å². The van der Waals surface area contributed by atoms with Crippen molar-refractivity contribution in [3.8, 4) is 0 Å².